The van der Waals surface area contributed by atoms with E-state index in [1.165, 1.54) is 26.2 Å². The molecule has 1 rings (SSSR count). The molecule has 0 saturated heterocycles. The van der Waals surface area contributed by atoms with Gasteiger partial charge in [0.2, 0.25) is 5.91 Å². The lowest BCUT2D eigenvalue weighted by atomic mass is 10.1. The fourth-order valence-electron chi connectivity index (χ4n) is 1.84. The van der Waals surface area contributed by atoms with Gasteiger partial charge in [-0.25, -0.2) is 0 Å². The van der Waals surface area contributed by atoms with E-state index in [0.29, 0.717) is 11.3 Å². The minimum Gasteiger partial charge on any atom is -0.496 e. The topological polar surface area (TPSA) is 72.7 Å². The van der Waals surface area contributed by atoms with Crippen molar-refractivity contribution in [2.45, 2.75) is 33.4 Å². The molecule has 1 aromatic rings. The number of ether oxygens (including phenoxy) is 1. The second kappa shape index (κ2) is 6.17. The maximum atomic E-state index is 11.6. The molecule has 0 radical (unpaired) electrons. The van der Waals surface area contributed by atoms with Gasteiger partial charge < -0.3 is 9.64 Å². The molecule has 6 heteroatoms. The summed E-state index contributed by atoms with van der Waals surface area (Å²) in [5, 5.41) is 10.8. The number of carbonyl (C=O) groups excluding carboxylic acids is 1. The van der Waals surface area contributed by atoms with Crippen LogP contribution in [0.1, 0.15) is 26.3 Å². The molecule has 0 bridgehead atoms. The normalized spacial score (nSPS) is 10.4. The molecule has 6 nitrogen and oxygen atoms in total. The third-order valence-corrected chi connectivity index (χ3v) is 2.84. The van der Waals surface area contributed by atoms with E-state index < -0.39 is 4.92 Å². The fourth-order valence-corrected chi connectivity index (χ4v) is 1.84. The zero-order chi connectivity index (χ0) is 14.6. The monoisotopic (exact) mass is 266 g/mol. The lowest BCUT2D eigenvalue weighted by Gasteiger charge is -2.26. The largest absolute Gasteiger partial charge is 0.496 e. The summed E-state index contributed by atoms with van der Waals surface area (Å²) in [6.07, 6.45) is 0. The summed E-state index contributed by atoms with van der Waals surface area (Å²) < 4.78 is 5.18. The number of benzene rings is 1. The molecule has 0 aromatic heterocycles. The number of amides is 1. The molecule has 19 heavy (non-hydrogen) atoms. The molecule has 0 heterocycles. The Balaban J connectivity index is 3.12. The molecule has 0 atom stereocenters. The van der Waals surface area contributed by atoms with E-state index in [4.69, 9.17) is 4.74 Å². The molecular formula is C13H18N2O4. The number of hydrogen-bond donors (Lipinski definition) is 0. The highest BCUT2D eigenvalue weighted by atomic mass is 16.6. The van der Waals surface area contributed by atoms with Crippen LogP contribution >= 0.6 is 0 Å². The van der Waals surface area contributed by atoms with Crippen LogP contribution in [0.15, 0.2) is 18.2 Å². The van der Waals surface area contributed by atoms with E-state index >= 15 is 0 Å². The summed E-state index contributed by atoms with van der Waals surface area (Å²) in [5.74, 6) is 0.459. The van der Waals surface area contributed by atoms with Crippen molar-refractivity contribution in [2.24, 2.45) is 0 Å². The van der Waals surface area contributed by atoms with Gasteiger partial charge in [-0.1, -0.05) is 0 Å². The van der Waals surface area contributed by atoms with Crippen LogP contribution in [0.2, 0.25) is 0 Å². The van der Waals surface area contributed by atoms with Crippen LogP contribution in [0.3, 0.4) is 0 Å². The summed E-state index contributed by atoms with van der Waals surface area (Å²) in [6.45, 7) is 5.55. The van der Waals surface area contributed by atoms with Gasteiger partial charge in [-0.05, 0) is 19.9 Å². The Morgan fingerprint density at radius 2 is 2.11 bits per heavy atom. The molecule has 0 aliphatic carbocycles. The van der Waals surface area contributed by atoms with Gasteiger partial charge in [-0.15, -0.1) is 0 Å². The van der Waals surface area contributed by atoms with E-state index in [-0.39, 0.29) is 24.2 Å². The summed E-state index contributed by atoms with van der Waals surface area (Å²) in [6, 6.07) is 4.39. The highest BCUT2D eigenvalue weighted by molar-refractivity contribution is 5.73. The van der Waals surface area contributed by atoms with Crippen LogP contribution in [0.4, 0.5) is 5.69 Å². The first-order valence-corrected chi connectivity index (χ1v) is 5.95. The molecule has 0 aliphatic heterocycles. The van der Waals surface area contributed by atoms with Crippen molar-refractivity contribution in [2.75, 3.05) is 7.11 Å². The fraction of sp³-hybridized carbons (Fsp3) is 0.462. The SMILES string of the molecule is COc1ccc([N+](=O)[O-])cc1CN(C(C)=O)C(C)C. The van der Waals surface area contributed by atoms with Gasteiger partial charge in [-0.3, -0.25) is 14.9 Å². The Morgan fingerprint density at radius 3 is 2.53 bits per heavy atom. The number of hydrogen-bond acceptors (Lipinski definition) is 4. The van der Waals surface area contributed by atoms with Crippen molar-refractivity contribution in [1.82, 2.24) is 4.90 Å². The van der Waals surface area contributed by atoms with E-state index in [1.54, 1.807) is 11.0 Å². The zero-order valence-corrected chi connectivity index (χ0v) is 11.5. The van der Waals surface area contributed by atoms with Crippen molar-refractivity contribution in [3.05, 3.63) is 33.9 Å². The number of nitro benzene ring substituents is 1. The standard InChI is InChI=1S/C13H18N2O4/c1-9(2)14(10(3)16)8-11-7-12(15(17)18)5-6-13(11)19-4/h5-7,9H,8H2,1-4H3. The first kappa shape index (κ1) is 14.9. The molecular weight excluding hydrogens is 248 g/mol. The van der Waals surface area contributed by atoms with Crippen molar-refractivity contribution in [3.8, 4) is 5.75 Å². The number of nitrogens with zero attached hydrogens (tertiary/aromatic N) is 2. The molecule has 1 amide bonds. The molecule has 0 N–H and O–H groups in total. The summed E-state index contributed by atoms with van der Waals surface area (Å²) >= 11 is 0. The highest BCUT2D eigenvalue weighted by Crippen LogP contribution is 2.25. The number of carbonyl (C=O) groups is 1. The lowest BCUT2D eigenvalue weighted by molar-refractivity contribution is -0.385. The lowest BCUT2D eigenvalue weighted by Crippen LogP contribution is -2.34. The maximum absolute atomic E-state index is 11.6. The van der Waals surface area contributed by atoms with Crippen LogP contribution in [0, 0.1) is 10.1 Å². The van der Waals surface area contributed by atoms with Gasteiger partial charge >= 0.3 is 0 Å². The van der Waals surface area contributed by atoms with Crippen LogP contribution < -0.4 is 4.74 Å². The van der Waals surface area contributed by atoms with Crippen molar-refractivity contribution >= 4 is 11.6 Å². The first-order valence-electron chi connectivity index (χ1n) is 5.95. The third kappa shape index (κ3) is 3.67. The molecule has 1 aromatic carbocycles. The Kier molecular flexibility index (Phi) is 4.86. The molecule has 0 unspecified atom stereocenters. The van der Waals surface area contributed by atoms with Gasteiger partial charge in [0, 0.05) is 37.2 Å². The van der Waals surface area contributed by atoms with Gasteiger partial charge in [0.25, 0.3) is 5.69 Å². The Bertz CT molecular complexity index is 486. The van der Waals surface area contributed by atoms with Crippen LogP contribution in [-0.2, 0) is 11.3 Å². The quantitative estimate of drug-likeness (QED) is 0.605. The minimum absolute atomic E-state index is 0.0111. The van der Waals surface area contributed by atoms with Crippen molar-refractivity contribution in [3.63, 3.8) is 0 Å². The summed E-state index contributed by atoms with van der Waals surface area (Å²) in [7, 11) is 1.50. The first-order chi connectivity index (χ1) is 8.86. The smallest absolute Gasteiger partial charge is 0.270 e. The van der Waals surface area contributed by atoms with Crippen LogP contribution in [0.5, 0.6) is 5.75 Å². The molecule has 0 fully saturated rings. The van der Waals surface area contributed by atoms with Gasteiger partial charge in [0.05, 0.1) is 12.0 Å². The second-order valence-corrected chi connectivity index (χ2v) is 4.49. The third-order valence-electron chi connectivity index (χ3n) is 2.84. The predicted octanol–water partition coefficient (Wildman–Crippen LogP) is 2.36. The summed E-state index contributed by atoms with van der Waals surface area (Å²) in [4.78, 5) is 23.5. The zero-order valence-electron chi connectivity index (χ0n) is 11.5. The average molecular weight is 266 g/mol. The minimum atomic E-state index is -0.462. The summed E-state index contributed by atoms with van der Waals surface area (Å²) in [5.41, 5.74) is 0.614. The highest BCUT2D eigenvalue weighted by Gasteiger charge is 2.18. The Hall–Kier alpha value is -2.11. The van der Waals surface area contributed by atoms with E-state index in [1.807, 2.05) is 13.8 Å². The maximum Gasteiger partial charge on any atom is 0.270 e. The molecule has 0 saturated carbocycles. The second-order valence-electron chi connectivity index (χ2n) is 4.49. The molecule has 104 valence electrons. The Labute approximate surface area is 112 Å². The van der Waals surface area contributed by atoms with E-state index in [0.717, 1.165) is 0 Å². The van der Waals surface area contributed by atoms with Crippen molar-refractivity contribution < 1.29 is 14.5 Å². The van der Waals surface area contributed by atoms with Crippen LogP contribution in [-0.4, -0.2) is 28.9 Å². The molecule has 0 spiro atoms. The van der Waals surface area contributed by atoms with Crippen molar-refractivity contribution in [1.29, 1.82) is 0 Å². The average Bonchev–Trinajstić information content (AvgIpc) is 2.34. The van der Waals surface area contributed by atoms with Gasteiger partial charge in [0.1, 0.15) is 5.75 Å². The Morgan fingerprint density at radius 1 is 1.47 bits per heavy atom. The van der Waals surface area contributed by atoms with Gasteiger partial charge in [0.15, 0.2) is 0 Å². The molecule has 0 aliphatic rings. The number of rotatable bonds is 5. The van der Waals surface area contributed by atoms with E-state index in [9.17, 15) is 14.9 Å². The number of nitro groups is 1. The van der Waals surface area contributed by atoms with E-state index in [2.05, 4.69) is 0 Å². The van der Waals surface area contributed by atoms with Gasteiger partial charge in [-0.2, -0.15) is 0 Å². The number of non-ortho nitro benzene ring substituents is 1. The predicted molar refractivity (Wildman–Crippen MR) is 71.0 cm³/mol. The number of methoxy groups -OCH3 is 1. The van der Waals surface area contributed by atoms with Crippen LogP contribution in [0.25, 0.3) is 0 Å².